The van der Waals surface area contributed by atoms with Crippen molar-refractivity contribution in [3.8, 4) is 5.75 Å². The predicted molar refractivity (Wildman–Crippen MR) is 77.6 cm³/mol. The van der Waals surface area contributed by atoms with Crippen molar-refractivity contribution in [1.82, 2.24) is 10.2 Å². The van der Waals surface area contributed by atoms with Crippen molar-refractivity contribution < 1.29 is 14.3 Å². The van der Waals surface area contributed by atoms with Gasteiger partial charge >= 0.3 is 0 Å². The van der Waals surface area contributed by atoms with Gasteiger partial charge in [-0.15, -0.1) is 0 Å². The Labute approximate surface area is 119 Å². The first-order valence-electron chi connectivity index (χ1n) is 6.65. The lowest BCUT2D eigenvalue weighted by Gasteiger charge is -2.11. The molecule has 5 nitrogen and oxygen atoms in total. The van der Waals surface area contributed by atoms with E-state index < -0.39 is 0 Å². The number of likely N-dealkylation sites (N-methyl/N-ethyl adjacent to an activating group) is 1. The highest BCUT2D eigenvalue weighted by Gasteiger charge is 2.06. The van der Waals surface area contributed by atoms with E-state index in [1.54, 1.807) is 14.1 Å². The molecule has 0 saturated carbocycles. The summed E-state index contributed by atoms with van der Waals surface area (Å²) >= 11 is 0. The van der Waals surface area contributed by atoms with Gasteiger partial charge in [0.1, 0.15) is 5.75 Å². The fourth-order valence-electron chi connectivity index (χ4n) is 1.55. The topological polar surface area (TPSA) is 58.6 Å². The van der Waals surface area contributed by atoms with Crippen molar-refractivity contribution in [2.24, 2.45) is 0 Å². The molecule has 20 heavy (non-hydrogen) atoms. The average molecular weight is 278 g/mol. The van der Waals surface area contributed by atoms with E-state index in [1.807, 2.05) is 31.2 Å². The number of carbonyl (C=O) groups excluding carboxylic acids is 2. The van der Waals surface area contributed by atoms with E-state index in [0.29, 0.717) is 19.4 Å². The summed E-state index contributed by atoms with van der Waals surface area (Å²) in [6.45, 7) is 2.53. The molecule has 0 aliphatic carbocycles. The summed E-state index contributed by atoms with van der Waals surface area (Å²) < 4.78 is 5.55. The maximum Gasteiger partial charge on any atom is 0.241 e. The third-order valence-electron chi connectivity index (χ3n) is 2.74. The molecular weight excluding hydrogens is 256 g/mol. The molecule has 0 heterocycles. The molecule has 0 aliphatic heterocycles. The lowest BCUT2D eigenvalue weighted by atomic mass is 10.2. The quantitative estimate of drug-likeness (QED) is 0.766. The van der Waals surface area contributed by atoms with Gasteiger partial charge in [-0.25, -0.2) is 0 Å². The van der Waals surface area contributed by atoms with Crippen LogP contribution in [0.3, 0.4) is 0 Å². The molecule has 1 aromatic rings. The van der Waals surface area contributed by atoms with Gasteiger partial charge in [0, 0.05) is 20.5 Å². The zero-order valence-electron chi connectivity index (χ0n) is 12.3. The van der Waals surface area contributed by atoms with Crippen LogP contribution in [0.4, 0.5) is 0 Å². The van der Waals surface area contributed by atoms with Gasteiger partial charge in [-0.1, -0.05) is 12.1 Å². The number of hydrogen-bond acceptors (Lipinski definition) is 3. The van der Waals surface area contributed by atoms with Gasteiger partial charge in [0.25, 0.3) is 0 Å². The fourth-order valence-corrected chi connectivity index (χ4v) is 1.55. The Morgan fingerprint density at radius 2 is 2.05 bits per heavy atom. The van der Waals surface area contributed by atoms with E-state index in [-0.39, 0.29) is 18.4 Å². The zero-order valence-corrected chi connectivity index (χ0v) is 12.3. The highest BCUT2D eigenvalue weighted by Crippen LogP contribution is 2.12. The molecule has 1 N–H and O–H groups in total. The molecule has 0 spiro atoms. The zero-order chi connectivity index (χ0) is 15.0. The second-order valence-electron chi connectivity index (χ2n) is 4.83. The molecule has 0 atom stereocenters. The first-order chi connectivity index (χ1) is 9.49. The molecule has 0 fully saturated rings. The van der Waals surface area contributed by atoms with Crippen LogP contribution < -0.4 is 10.1 Å². The SMILES string of the molecule is Cc1cccc(OCCCC(=O)NCC(=O)N(C)C)c1. The number of benzene rings is 1. The van der Waals surface area contributed by atoms with Crippen LogP contribution >= 0.6 is 0 Å². The Morgan fingerprint density at radius 3 is 2.70 bits per heavy atom. The normalized spacial score (nSPS) is 9.95. The summed E-state index contributed by atoms with van der Waals surface area (Å²) in [5, 5.41) is 2.59. The maximum absolute atomic E-state index is 11.5. The number of ether oxygens (including phenoxy) is 1. The lowest BCUT2D eigenvalue weighted by Crippen LogP contribution is -2.36. The van der Waals surface area contributed by atoms with Gasteiger partial charge in [0.05, 0.1) is 13.2 Å². The largest absolute Gasteiger partial charge is 0.494 e. The van der Waals surface area contributed by atoms with Crippen LogP contribution in [0.25, 0.3) is 0 Å². The Morgan fingerprint density at radius 1 is 1.30 bits per heavy atom. The van der Waals surface area contributed by atoms with Gasteiger partial charge in [0.15, 0.2) is 0 Å². The van der Waals surface area contributed by atoms with Crippen LogP contribution in [0.5, 0.6) is 5.75 Å². The number of amides is 2. The van der Waals surface area contributed by atoms with Crippen molar-refractivity contribution in [3.63, 3.8) is 0 Å². The average Bonchev–Trinajstić information content (AvgIpc) is 2.41. The summed E-state index contributed by atoms with van der Waals surface area (Å²) in [4.78, 5) is 24.2. The van der Waals surface area contributed by atoms with Crippen LogP contribution in [0.2, 0.25) is 0 Å². The Hall–Kier alpha value is -2.04. The maximum atomic E-state index is 11.5. The molecule has 2 amide bonds. The van der Waals surface area contributed by atoms with Crippen LogP contribution in [-0.2, 0) is 9.59 Å². The monoisotopic (exact) mass is 278 g/mol. The highest BCUT2D eigenvalue weighted by molar-refractivity contribution is 5.84. The van der Waals surface area contributed by atoms with Gasteiger partial charge in [0.2, 0.25) is 11.8 Å². The minimum Gasteiger partial charge on any atom is -0.494 e. The van der Waals surface area contributed by atoms with Crippen molar-refractivity contribution in [3.05, 3.63) is 29.8 Å². The molecular formula is C15H22N2O3. The fraction of sp³-hybridized carbons (Fsp3) is 0.467. The summed E-state index contributed by atoms with van der Waals surface area (Å²) in [7, 11) is 3.31. The van der Waals surface area contributed by atoms with E-state index in [0.717, 1.165) is 11.3 Å². The van der Waals surface area contributed by atoms with Crippen molar-refractivity contribution in [2.45, 2.75) is 19.8 Å². The third-order valence-corrected chi connectivity index (χ3v) is 2.74. The number of hydrogen-bond donors (Lipinski definition) is 1. The molecule has 0 unspecified atom stereocenters. The lowest BCUT2D eigenvalue weighted by molar-refractivity contribution is -0.130. The first kappa shape index (κ1) is 16.0. The van der Waals surface area contributed by atoms with E-state index in [1.165, 1.54) is 4.90 Å². The highest BCUT2D eigenvalue weighted by atomic mass is 16.5. The third kappa shape index (κ3) is 6.22. The number of rotatable bonds is 7. The minimum absolute atomic E-state index is 0.0462. The van der Waals surface area contributed by atoms with Crippen molar-refractivity contribution >= 4 is 11.8 Å². The predicted octanol–water partition coefficient (Wildman–Crippen LogP) is 1.36. The Balaban J connectivity index is 2.15. The van der Waals surface area contributed by atoms with E-state index in [4.69, 9.17) is 4.74 Å². The summed E-state index contributed by atoms with van der Waals surface area (Å²) in [6, 6.07) is 7.78. The van der Waals surface area contributed by atoms with Crippen molar-refractivity contribution in [1.29, 1.82) is 0 Å². The molecule has 0 radical (unpaired) electrons. The molecule has 110 valence electrons. The number of aryl methyl sites for hydroxylation is 1. The second-order valence-corrected chi connectivity index (χ2v) is 4.83. The number of nitrogens with one attached hydrogen (secondary N) is 1. The molecule has 0 aliphatic rings. The van der Waals surface area contributed by atoms with Gasteiger partial charge in [-0.2, -0.15) is 0 Å². The standard InChI is InChI=1S/C15H22N2O3/c1-12-6-4-7-13(10-12)20-9-5-8-14(18)16-11-15(19)17(2)3/h4,6-7,10H,5,8-9,11H2,1-3H3,(H,16,18). The second kappa shape index (κ2) is 8.19. The minimum atomic E-state index is -0.131. The number of carbonyl (C=O) groups is 2. The van der Waals surface area contributed by atoms with Gasteiger partial charge in [-0.3, -0.25) is 9.59 Å². The van der Waals surface area contributed by atoms with Crippen LogP contribution in [0.1, 0.15) is 18.4 Å². The Bertz CT molecular complexity index is 458. The number of nitrogens with zero attached hydrogens (tertiary/aromatic N) is 1. The van der Waals surface area contributed by atoms with E-state index >= 15 is 0 Å². The van der Waals surface area contributed by atoms with Crippen LogP contribution in [0, 0.1) is 6.92 Å². The van der Waals surface area contributed by atoms with E-state index in [2.05, 4.69) is 5.32 Å². The van der Waals surface area contributed by atoms with Crippen molar-refractivity contribution in [2.75, 3.05) is 27.2 Å². The summed E-state index contributed by atoms with van der Waals surface area (Å²) in [5.41, 5.74) is 1.14. The molecule has 1 rings (SSSR count). The van der Waals surface area contributed by atoms with Gasteiger partial charge in [-0.05, 0) is 31.0 Å². The summed E-state index contributed by atoms with van der Waals surface area (Å²) in [6.07, 6.45) is 0.975. The molecule has 5 heteroatoms. The van der Waals surface area contributed by atoms with Crippen LogP contribution in [-0.4, -0.2) is 44.0 Å². The first-order valence-corrected chi connectivity index (χ1v) is 6.65. The smallest absolute Gasteiger partial charge is 0.241 e. The van der Waals surface area contributed by atoms with Gasteiger partial charge < -0.3 is 15.0 Å². The van der Waals surface area contributed by atoms with E-state index in [9.17, 15) is 9.59 Å². The molecule has 0 bridgehead atoms. The molecule has 0 aromatic heterocycles. The Kier molecular flexibility index (Phi) is 6.56. The molecule has 1 aromatic carbocycles. The molecule has 0 saturated heterocycles. The van der Waals surface area contributed by atoms with Crippen LogP contribution in [0.15, 0.2) is 24.3 Å². The summed E-state index contributed by atoms with van der Waals surface area (Å²) in [5.74, 6) is 0.565.